The van der Waals surface area contributed by atoms with Crippen molar-refractivity contribution in [2.24, 2.45) is 5.92 Å². The molecule has 1 aromatic heterocycles. The molecule has 1 fully saturated rings. The first kappa shape index (κ1) is 12.6. The number of imidazole rings is 1. The van der Waals surface area contributed by atoms with Gasteiger partial charge in [-0.05, 0) is 25.3 Å². The Morgan fingerprint density at radius 1 is 1.53 bits per heavy atom. The SMILES string of the molecule is CCCn1cncc1CN1CCC(C)C1CO. The van der Waals surface area contributed by atoms with E-state index in [-0.39, 0.29) is 6.61 Å². The lowest BCUT2D eigenvalue weighted by molar-refractivity contribution is 0.132. The highest BCUT2D eigenvalue weighted by Crippen LogP contribution is 2.25. The molecule has 0 bridgehead atoms. The van der Waals surface area contributed by atoms with Crippen molar-refractivity contribution in [3.05, 3.63) is 18.2 Å². The number of aromatic nitrogens is 2. The summed E-state index contributed by atoms with van der Waals surface area (Å²) in [7, 11) is 0. The molecule has 2 unspecified atom stereocenters. The fourth-order valence-corrected chi connectivity index (χ4v) is 2.71. The highest BCUT2D eigenvalue weighted by Gasteiger charge is 2.30. The molecule has 1 aromatic rings. The van der Waals surface area contributed by atoms with E-state index >= 15 is 0 Å². The van der Waals surface area contributed by atoms with Gasteiger partial charge < -0.3 is 9.67 Å². The van der Waals surface area contributed by atoms with Crippen molar-refractivity contribution in [2.75, 3.05) is 13.2 Å². The number of aliphatic hydroxyl groups excluding tert-OH is 1. The third-order valence-electron chi connectivity index (χ3n) is 3.81. The summed E-state index contributed by atoms with van der Waals surface area (Å²) in [6, 6.07) is 0.319. The van der Waals surface area contributed by atoms with Gasteiger partial charge in [0.25, 0.3) is 0 Å². The standard InChI is InChI=1S/C13H23N3O/c1-3-5-16-10-14-7-12(16)8-15-6-4-11(2)13(15)9-17/h7,10-11,13,17H,3-6,8-9H2,1-2H3. The van der Waals surface area contributed by atoms with Gasteiger partial charge in [0.1, 0.15) is 0 Å². The molecule has 17 heavy (non-hydrogen) atoms. The molecule has 4 nitrogen and oxygen atoms in total. The van der Waals surface area contributed by atoms with E-state index in [9.17, 15) is 5.11 Å². The van der Waals surface area contributed by atoms with Crippen molar-refractivity contribution >= 4 is 0 Å². The summed E-state index contributed by atoms with van der Waals surface area (Å²) in [5, 5.41) is 9.44. The van der Waals surface area contributed by atoms with Gasteiger partial charge in [0.05, 0.1) is 18.6 Å². The molecule has 4 heteroatoms. The summed E-state index contributed by atoms with van der Waals surface area (Å²) in [5.41, 5.74) is 1.26. The van der Waals surface area contributed by atoms with Crippen LogP contribution in [0.15, 0.2) is 12.5 Å². The smallest absolute Gasteiger partial charge is 0.0948 e. The number of hydrogen-bond donors (Lipinski definition) is 1. The average Bonchev–Trinajstić information content (AvgIpc) is 2.88. The van der Waals surface area contributed by atoms with E-state index in [1.54, 1.807) is 0 Å². The topological polar surface area (TPSA) is 41.3 Å². The third kappa shape index (κ3) is 2.69. The van der Waals surface area contributed by atoms with Crippen LogP contribution in [0, 0.1) is 5.92 Å². The molecule has 2 heterocycles. The van der Waals surface area contributed by atoms with E-state index in [4.69, 9.17) is 0 Å². The number of hydrogen-bond acceptors (Lipinski definition) is 3. The Labute approximate surface area is 103 Å². The second-order valence-corrected chi connectivity index (χ2v) is 5.06. The van der Waals surface area contributed by atoms with E-state index in [0.717, 1.165) is 26.1 Å². The summed E-state index contributed by atoms with van der Waals surface area (Å²) in [6.07, 6.45) is 6.18. The van der Waals surface area contributed by atoms with Gasteiger partial charge in [0, 0.05) is 25.3 Å². The van der Waals surface area contributed by atoms with Gasteiger partial charge in [-0.25, -0.2) is 4.98 Å². The Hall–Kier alpha value is -0.870. The zero-order valence-corrected chi connectivity index (χ0v) is 10.8. The molecule has 1 aliphatic heterocycles. The Bertz CT molecular complexity index is 350. The Morgan fingerprint density at radius 2 is 2.35 bits per heavy atom. The lowest BCUT2D eigenvalue weighted by Crippen LogP contribution is -2.35. The summed E-state index contributed by atoms with van der Waals surface area (Å²) < 4.78 is 2.22. The summed E-state index contributed by atoms with van der Waals surface area (Å²) in [4.78, 5) is 6.61. The normalized spacial score (nSPS) is 25.6. The molecule has 1 aliphatic rings. The number of rotatable bonds is 5. The zero-order chi connectivity index (χ0) is 12.3. The van der Waals surface area contributed by atoms with E-state index in [1.165, 1.54) is 12.1 Å². The second kappa shape index (κ2) is 5.65. The maximum absolute atomic E-state index is 9.44. The third-order valence-corrected chi connectivity index (χ3v) is 3.81. The van der Waals surface area contributed by atoms with Crippen LogP contribution in [0.1, 0.15) is 32.4 Å². The van der Waals surface area contributed by atoms with Crippen molar-refractivity contribution in [3.63, 3.8) is 0 Å². The summed E-state index contributed by atoms with van der Waals surface area (Å²) >= 11 is 0. The minimum absolute atomic E-state index is 0.267. The van der Waals surface area contributed by atoms with Gasteiger partial charge in [-0.2, -0.15) is 0 Å². The minimum Gasteiger partial charge on any atom is -0.395 e. The van der Waals surface area contributed by atoms with Crippen LogP contribution in [0.4, 0.5) is 0 Å². The van der Waals surface area contributed by atoms with E-state index in [2.05, 4.69) is 28.3 Å². The molecule has 1 saturated heterocycles. The molecule has 0 aromatic carbocycles. The molecule has 96 valence electrons. The van der Waals surface area contributed by atoms with Gasteiger partial charge in [-0.15, -0.1) is 0 Å². The number of aliphatic hydroxyl groups is 1. The monoisotopic (exact) mass is 237 g/mol. The van der Waals surface area contributed by atoms with Gasteiger partial charge in [0.15, 0.2) is 0 Å². The Balaban J connectivity index is 2.02. The van der Waals surface area contributed by atoms with Gasteiger partial charge in [-0.3, -0.25) is 4.90 Å². The fraction of sp³-hybridized carbons (Fsp3) is 0.769. The molecule has 2 atom stereocenters. The van der Waals surface area contributed by atoms with E-state index in [0.29, 0.717) is 12.0 Å². The maximum Gasteiger partial charge on any atom is 0.0948 e. The van der Waals surface area contributed by atoms with Gasteiger partial charge >= 0.3 is 0 Å². The van der Waals surface area contributed by atoms with Crippen molar-refractivity contribution < 1.29 is 5.11 Å². The van der Waals surface area contributed by atoms with Crippen LogP contribution in [-0.4, -0.2) is 38.8 Å². The average molecular weight is 237 g/mol. The Kier molecular flexibility index (Phi) is 4.18. The quantitative estimate of drug-likeness (QED) is 0.843. The fourth-order valence-electron chi connectivity index (χ4n) is 2.71. The maximum atomic E-state index is 9.44. The zero-order valence-electron chi connectivity index (χ0n) is 10.8. The van der Waals surface area contributed by atoms with Gasteiger partial charge in [0.2, 0.25) is 0 Å². The highest BCUT2D eigenvalue weighted by atomic mass is 16.3. The largest absolute Gasteiger partial charge is 0.395 e. The number of likely N-dealkylation sites (tertiary alicyclic amines) is 1. The van der Waals surface area contributed by atoms with Gasteiger partial charge in [-0.1, -0.05) is 13.8 Å². The van der Waals surface area contributed by atoms with Crippen LogP contribution >= 0.6 is 0 Å². The lowest BCUT2D eigenvalue weighted by atomic mass is 10.0. The second-order valence-electron chi connectivity index (χ2n) is 5.06. The first-order valence-corrected chi connectivity index (χ1v) is 6.60. The number of nitrogens with zero attached hydrogens (tertiary/aromatic N) is 3. The first-order chi connectivity index (χ1) is 8.26. The highest BCUT2D eigenvalue weighted by molar-refractivity contribution is 5.00. The molecule has 1 N–H and O–H groups in total. The molecule has 0 amide bonds. The first-order valence-electron chi connectivity index (χ1n) is 6.60. The lowest BCUT2D eigenvalue weighted by Gasteiger charge is -2.25. The molecule has 0 aliphatic carbocycles. The Morgan fingerprint density at radius 3 is 3.06 bits per heavy atom. The van der Waals surface area contributed by atoms with Crippen molar-refractivity contribution in [1.29, 1.82) is 0 Å². The minimum atomic E-state index is 0.267. The van der Waals surface area contributed by atoms with Crippen molar-refractivity contribution in [1.82, 2.24) is 14.5 Å². The predicted molar refractivity (Wildman–Crippen MR) is 67.6 cm³/mol. The van der Waals surface area contributed by atoms with Crippen molar-refractivity contribution in [3.8, 4) is 0 Å². The molecular weight excluding hydrogens is 214 g/mol. The van der Waals surface area contributed by atoms with Crippen LogP contribution < -0.4 is 0 Å². The summed E-state index contributed by atoms with van der Waals surface area (Å²) in [5.74, 6) is 0.600. The predicted octanol–water partition coefficient (Wildman–Crippen LogP) is 1.50. The van der Waals surface area contributed by atoms with Crippen LogP contribution in [-0.2, 0) is 13.1 Å². The van der Waals surface area contributed by atoms with Crippen LogP contribution in [0.25, 0.3) is 0 Å². The van der Waals surface area contributed by atoms with Crippen LogP contribution in [0.3, 0.4) is 0 Å². The van der Waals surface area contributed by atoms with E-state index in [1.807, 2.05) is 12.5 Å². The molecule has 0 spiro atoms. The van der Waals surface area contributed by atoms with Crippen LogP contribution in [0.2, 0.25) is 0 Å². The number of aryl methyl sites for hydroxylation is 1. The van der Waals surface area contributed by atoms with Crippen molar-refractivity contribution in [2.45, 2.75) is 45.8 Å². The molecule has 0 saturated carbocycles. The molecule has 0 radical (unpaired) electrons. The van der Waals surface area contributed by atoms with Crippen LogP contribution in [0.5, 0.6) is 0 Å². The van der Waals surface area contributed by atoms with E-state index < -0.39 is 0 Å². The molecular formula is C13H23N3O. The summed E-state index contributed by atoms with van der Waals surface area (Å²) in [6.45, 7) is 7.70. The molecule has 2 rings (SSSR count).